The van der Waals surface area contributed by atoms with Crippen LogP contribution in [0.4, 0.5) is 13.2 Å². The number of hydrogen-bond acceptors (Lipinski definition) is 8. The lowest BCUT2D eigenvalue weighted by Gasteiger charge is -2.13. The lowest BCUT2D eigenvalue weighted by atomic mass is 10.1. The zero-order valence-corrected chi connectivity index (χ0v) is 19.8. The highest BCUT2D eigenvalue weighted by molar-refractivity contribution is 7.91. The first-order chi connectivity index (χ1) is 16.5. The number of ether oxygens (including phenoxy) is 3. The highest BCUT2D eigenvalue weighted by Gasteiger charge is 2.35. The first-order valence-corrected chi connectivity index (χ1v) is 11.7. The van der Waals surface area contributed by atoms with Crippen LogP contribution in [0, 0.1) is 0 Å². The largest absolute Gasteiger partial charge is 0.493 e. The van der Waals surface area contributed by atoms with Crippen LogP contribution in [0.3, 0.4) is 0 Å². The van der Waals surface area contributed by atoms with Crippen LogP contribution in [0.2, 0.25) is 0 Å². The molecule has 35 heavy (non-hydrogen) atoms. The lowest BCUT2D eigenvalue weighted by molar-refractivity contribution is -0.141. The maximum absolute atomic E-state index is 13.5. The molecule has 0 saturated carbocycles. The molecule has 0 spiro atoms. The molecular formula is C22H22F3N3O6S. The highest BCUT2D eigenvalue weighted by Crippen LogP contribution is 2.31. The predicted octanol–water partition coefficient (Wildman–Crippen LogP) is 2.81. The van der Waals surface area contributed by atoms with Crippen LogP contribution < -0.4 is 15.0 Å². The van der Waals surface area contributed by atoms with Crippen molar-refractivity contribution in [3.8, 4) is 22.8 Å². The molecule has 9 nitrogen and oxygen atoms in total. The number of benzene rings is 1. The van der Waals surface area contributed by atoms with Gasteiger partial charge in [0.15, 0.2) is 11.5 Å². The number of rotatable bonds is 9. The third-order valence-electron chi connectivity index (χ3n) is 4.91. The third-order valence-corrected chi connectivity index (χ3v) is 6.35. The zero-order valence-electron chi connectivity index (χ0n) is 19.0. The molecule has 0 unspecified atom stereocenters. The fourth-order valence-electron chi connectivity index (χ4n) is 3.12. The van der Waals surface area contributed by atoms with Crippen LogP contribution in [0.15, 0.2) is 52.5 Å². The number of nitrogens with zero attached hydrogens (tertiary/aromatic N) is 3. The van der Waals surface area contributed by atoms with Gasteiger partial charge in [-0.2, -0.15) is 13.2 Å². The van der Waals surface area contributed by atoms with Gasteiger partial charge in [0.1, 0.15) is 5.69 Å². The van der Waals surface area contributed by atoms with E-state index in [9.17, 15) is 26.4 Å². The molecule has 0 aliphatic carbocycles. The first-order valence-electron chi connectivity index (χ1n) is 10.1. The van der Waals surface area contributed by atoms with E-state index in [1.54, 1.807) is 18.2 Å². The van der Waals surface area contributed by atoms with Gasteiger partial charge in [-0.05, 0) is 29.8 Å². The molecule has 2 heterocycles. The number of alkyl halides is 3. The van der Waals surface area contributed by atoms with Crippen LogP contribution in [0.1, 0.15) is 11.3 Å². The molecule has 1 aromatic carbocycles. The molecule has 0 aliphatic rings. The van der Waals surface area contributed by atoms with Gasteiger partial charge in [-0.3, -0.25) is 4.79 Å². The van der Waals surface area contributed by atoms with Crippen LogP contribution in [0.25, 0.3) is 11.3 Å². The summed E-state index contributed by atoms with van der Waals surface area (Å²) in [6.45, 7) is -0.184. The standard InChI is InChI=1S/C22H22F3N3O6S/c1-32-8-9-35(30,31)21-26-16(11-19(27-21)22(23,24)25)15-5-7-20(29)28(13-15)12-14-4-6-17(33-2)18(10-14)34-3/h4-7,10-11,13H,8-9,12H2,1-3H3. The first kappa shape index (κ1) is 26.2. The topological polar surface area (TPSA) is 110 Å². The SMILES string of the molecule is COCCS(=O)(=O)c1nc(-c2ccc(=O)n(Cc3ccc(OC)c(OC)c3)c2)cc(C(F)(F)F)n1. The quantitative estimate of drug-likeness (QED) is 0.402. The molecular weight excluding hydrogens is 491 g/mol. The third kappa shape index (κ3) is 6.17. The van der Waals surface area contributed by atoms with Crippen molar-refractivity contribution in [1.29, 1.82) is 0 Å². The van der Waals surface area contributed by atoms with Crippen molar-refractivity contribution in [2.75, 3.05) is 33.7 Å². The molecule has 0 bridgehead atoms. The molecule has 2 aromatic heterocycles. The Morgan fingerprint density at radius 2 is 1.69 bits per heavy atom. The van der Waals surface area contributed by atoms with Crippen LogP contribution in [-0.2, 0) is 27.3 Å². The molecule has 3 rings (SSSR count). The fourth-order valence-corrected chi connectivity index (χ4v) is 4.17. The van der Waals surface area contributed by atoms with E-state index in [4.69, 9.17) is 14.2 Å². The van der Waals surface area contributed by atoms with Gasteiger partial charge in [-0.25, -0.2) is 18.4 Å². The van der Waals surface area contributed by atoms with E-state index in [2.05, 4.69) is 9.97 Å². The summed E-state index contributed by atoms with van der Waals surface area (Å²) in [5.41, 5.74) is -1.40. The van der Waals surface area contributed by atoms with Gasteiger partial charge in [0, 0.05) is 24.9 Å². The number of sulfone groups is 1. The van der Waals surface area contributed by atoms with Gasteiger partial charge in [0.05, 0.1) is 38.8 Å². The van der Waals surface area contributed by atoms with Crippen LogP contribution >= 0.6 is 0 Å². The van der Waals surface area contributed by atoms with Gasteiger partial charge in [-0.15, -0.1) is 0 Å². The molecule has 0 saturated heterocycles. The van der Waals surface area contributed by atoms with Crippen molar-refractivity contribution < 1.29 is 35.8 Å². The molecule has 188 valence electrons. The summed E-state index contributed by atoms with van der Waals surface area (Å²) in [5, 5.41) is -0.975. The van der Waals surface area contributed by atoms with Crippen molar-refractivity contribution in [1.82, 2.24) is 14.5 Å². The van der Waals surface area contributed by atoms with Crippen molar-refractivity contribution in [3.63, 3.8) is 0 Å². The molecule has 0 radical (unpaired) electrons. The Morgan fingerprint density at radius 3 is 2.31 bits per heavy atom. The van der Waals surface area contributed by atoms with E-state index in [1.165, 1.54) is 38.2 Å². The van der Waals surface area contributed by atoms with E-state index in [0.29, 0.717) is 23.1 Å². The number of methoxy groups -OCH3 is 3. The fraction of sp³-hybridized carbons (Fsp3) is 0.318. The predicted molar refractivity (Wildman–Crippen MR) is 119 cm³/mol. The summed E-state index contributed by atoms with van der Waals surface area (Å²) in [6, 6.07) is 8.07. The van der Waals surface area contributed by atoms with Gasteiger partial charge >= 0.3 is 6.18 Å². The maximum atomic E-state index is 13.5. The van der Waals surface area contributed by atoms with E-state index in [-0.39, 0.29) is 24.4 Å². The minimum absolute atomic E-state index is 0.0588. The van der Waals surface area contributed by atoms with Crippen molar-refractivity contribution in [2.24, 2.45) is 0 Å². The second-order valence-corrected chi connectivity index (χ2v) is 9.31. The molecule has 0 aliphatic heterocycles. The summed E-state index contributed by atoms with van der Waals surface area (Å²) in [6.07, 6.45) is -3.62. The minimum atomic E-state index is -4.92. The molecule has 0 atom stereocenters. The monoisotopic (exact) mass is 513 g/mol. The van der Waals surface area contributed by atoms with Gasteiger partial charge in [0.25, 0.3) is 5.56 Å². The molecule has 0 amide bonds. The number of hydrogen-bond donors (Lipinski definition) is 0. The summed E-state index contributed by atoms with van der Waals surface area (Å²) in [5.74, 6) is 0.328. The van der Waals surface area contributed by atoms with Crippen molar-refractivity contribution in [3.05, 3.63) is 64.2 Å². The molecule has 0 fully saturated rings. The van der Waals surface area contributed by atoms with Gasteiger partial charge in [0.2, 0.25) is 15.0 Å². The average Bonchev–Trinajstić information content (AvgIpc) is 2.83. The Morgan fingerprint density at radius 1 is 0.971 bits per heavy atom. The maximum Gasteiger partial charge on any atom is 0.433 e. The Balaban J connectivity index is 2.08. The molecule has 13 heteroatoms. The van der Waals surface area contributed by atoms with E-state index in [1.807, 2.05) is 0 Å². The van der Waals surface area contributed by atoms with Crippen LogP contribution in [-0.4, -0.2) is 56.6 Å². The summed E-state index contributed by atoms with van der Waals surface area (Å²) in [7, 11) is -0.0622. The summed E-state index contributed by atoms with van der Waals surface area (Å²) in [4.78, 5) is 19.5. The second kappa shape index (κ2) is 10.4. The van der Waals surface area contributed by atoms with E-state index < -0.39 is 38.2 Å². The van der Waals surface area contributed by atoms with Gasteiger partial charge < -0.3 is 18.8 Å². The normalized spacial score (nSPS) is 11.9. The Labute approximate surface area is 199 Å². The second-order valence-electron chi connectivity index (χ2n) is 7.30. The lowest BCUT2D eigenvalue weighted by Crippen LogP contribution is -2.20. The summed E-state index contributed by atoms with van der Waals surface area (Å²) >= 11 is 0. The summed E-state index contributed by atoms with van der Waals surface area (Å²) < 4.78 is 81.8. The average molecular weight is 513 g/mol. The smallest absolute Gasteiger partial charge is 0.433 e. The van der Waals surface area contributed by atoms with Crippen LogP contribution in [0.5, 0.6) is 11.5 Å². The Kier molecular flexibility index (Phi) is 7.80. The van der Waals surface area contributed by atoms with Gasteiger partial charge in [-0.1, -0.05) is 6.07 Å². The van der Waals surface area contributed by atoms with Crippen molar-refractivity contribution >= 4 is 9.84 Å². The Bertz CT molecular complexity index is 1370. The van der Waals surface area contributed by atoms with E-state index >= 15 is 0 Å². The zero-order chi connectivity index (χ0) is 25.8. The number of aromatic nitrogens is 3. The highest BCUT2D eigenvalue weighted by atomic mass is 32.2. The number of pyridine rings is 1. The minimum Gasteiger partial charge on any atom is -0.493 e. The molecule has 0 N–H and O–H groups in total. The Hall–Kier alpha value is -3.45. The molecule has 3 aromatic rings. The van der Waals surface area contributed by atoms with Crippen molar-refractivity contribution in [2.45, 2.75) is 17.9 Å². The van der Waals surface area contributed by atoms with E-state index in [0.717, 1.165) is 6.07 Å². The number of halogens is 3.